The van der Waals surface area contributed by atoms with E-state index in [-0.39, 0.29) is 13.2 Å². The molecule has 0 atom stereocenters. The summed E-state index contributed by atoms with van der Waals surface area (Å²) in [6.07, 6.45) is 12.6. The number of nitrogen functional groups attached to an aromatic ring is 1. The maximum atomic E-state index is 9.41. The largest absolute Gasteiger partial charge is 0.489 e. The number of nitrogens with zero attached hydrogens (tertiary/aromatic N) is 7. The topological polar surface area (TPSA) is 130 Å². The van der Waals surface area contributed by atoms with Crippen molar-refractivity contribution in [2.45, 2.75) is 25.3 Å². The number of benzene rings is 1. The highest BCUT2D eigenvalue weighted by molar-refractivity contribution is 5.75. The molecule has 4 heterocycles. The van der Waals surface area contributed by atoms with Crippen molar-refractivity contribution in [3.8, 4) is 17.1 Å². The number of fused-ring (bicyclic) bond motifs is 1. The maximum Gasteiger partial charge on any atom is 0.180 e. The van der Waals surface area contributed by atoms with Crippen molar-refractivity contribution in [1.29, 1.82) is 0 Å². The standard InChI is InChI=1S/C26H31N9O2/c27-24-16-28-15-20(31-24)21-17-35-7-6-29-26(35)25(32-21)30-18-4-5-22(23(14-18)37-13-12-36)34-10-8-33(9-11-34)19-2-1-3-19/h4-7,14-17,19,36H,1-3,8-13H2,(H2,27,31)(H,30,32). The SMILES string of the molecule is Nc1cncc(-c2cn3ccnc3c(Nc3ccc(N4CCN(C5CCC5)CC4)c(OCCO)c3)n2)n1. The van der Waals surface area contributed by atoms with Crippen LogP contribution in [0.2, 0.25) is 0 Å². The molecule has 1 aliphatic carbocycles. The van der Waals surface area contributed by atoms with Crippen molar-refractivity contribution in [1.82, 2.24) is 29.2 Å². The van der Waals surface area contributed by atoms with Crippen LogP contribution in [0, 0.1) is 0 Å². The van der Waals surface area contributed by atoms with Gasteiger partial charge in [-0.1, -0.05) is 6.42 Å². The lowest BCUT2D eigenvalue weighted by Gasteiger charge is -2.43. The molecule has 1 aromatic carbocycles. The highest BCUT2D eigenvalue weighted by Crippen LogP contribution is 2.35. The van der Waals surface area contributed by atoms with Crippen LogP contribution in [-0.4, -0.2) is 79.8 Å². The van der Waals surface area contributed by atoms with E-state index in [0.717, 1.165) is 49.3 Å². The summed E-state index contributed by atoms with van der Waals surface area (Å²) < 4.78 is 7.87. The van der Waals surface area contributed by atoms with Gasteiger partial charge in [0.1, 0.15) is 29.6 Å². The molecule has 2 aliphatic rings. The van der Waals surface area contributed by atoms with E-state index in [1.807, 2.05) is 28.9 Å². The van der Waals surface area contributed by atoms with Crippen molar-refractivity contribution in [2.75, 3.05) is 55.3 Å². The number of aliphatic hydroxyl groups is 1. The summed E-state index contributed by atoms with van der Waals surface area (Å²) >= 11 is 0. The first-order valence-electron chi connectivity index (χ1n) is 12.7. The summed E-state index contributed by atoms with van der Waals surface area (Å²) in [5.74, 6) is 1.63. The zero-order chi connectivity index (χ0) is 25.2. The van der Waals surface area contributed by atoms with Crippen LogP contribution in [0.1, 0.15) is 19.3 Å². The minimum atomic E-state index is -0.0495. The molecule has 4 N–H and O–H groups in total. The number of aliphatic hydroxyl groups excluding tert-OH is 1. The summed E-state index contributed by atoms with van der Waals surface area (Å²) in [4.78, 5) is 22.7. The van der Waals surface area contributed by atoms with E-state index >= 15 is 0 Å². The lowest BCUT2D eigenvalue weighted by atomic mass is 9.91. The quantitative estimate of drug-likeness (QED) is 0.331. The van der Waals surface area contributed by atoms with E-state index in [4.69, 9.17) is 15.5 Å². The van der Waals surface area contributed by atoms with Crippen molar-refractivity contribution in [2.24, 2.45) is 0 Å². The van der Waals surface area contributed by atoms with Crippen molar-refractivity contribution in [3.63, 3.8) is 0 Å². The second-order valence-corrected chi connectivity index (χ2v) is 9.45. The van der Waals surface area contributed by atoms with Gasteiger partial charge in [-0.15, -0.1) is 0 Å². The summed E-state index contributed by atoms with van der Waals surface area (Å²) in [7, 11) is 0. The van der Waals surface area contributed by atoms with Crippen LogP contribution >= 0.6 is 0 Å². The number of ether oxygens (including phenoxy) is 1. The van der Waals surface area contributed by atoms with E-state index in [1.165, 1.54) is 25.5 Å². The molecule has 2 fully saturated rings. The first-order valence-corrected chi connectivity index (χ1v) is 12.7. The van der Waals surface area contributed by atoms with Crippen molar-refractivity contribution in [3.05, 3.63) is 49.2 Å². The van der Waals surface area contributed by atoms with Crippen molar-refractivity contribution < 1.29 is 9.84 Å². The molecule has 1 saturated heterocycles. The first kappa shape index (κ1) is 23.4. The summed E-state index contributed by atoms with van der Waals surface area (Å²) in [6, 6.07) is 6.81. The van der Waals surface area contributed by atoms with Gasteiger partial charge in [-0.2, -0.15) is 0 Å². The second-order valence-electron chi connectivity index (χ2n) is 9.45. The fourth-order valence-electron chi connectivity index (χ4n) is 4.98. The Morgan fingerprint density at radius 1 is 1.08 bits per heavy atom. The zero-order valence-electron chi connectivity index (χ0n) is 20.6. The zero-order valence-corrected chi connectivity index (χ0v) is 20.6. The lowest BCUT2D eigenvalue weighted by molar-refractivity contribution is 0.120. The van der Waals surface area contributed by atoms with Crippen LogP contribution in [0.25, 0.3) is 17.0 Å². The van der Waals surface area contributed by atoms with Crippen LogP contribution in [0.5, 0.6) is 5.75 Å². The number of rotatable bonds is 8. The molecule has 3 aromatic heterocycles. The predicted octanol–water partition coefficient (Wildman–Crippen LogP) is 2.56. The Hall–Kier alpha value is -3.96. The number of imidazole rings is 1. The predicted molar refractivity (Wildman–Crippen MR) is 142 cm³/mol. The van der Waals surface area contributed by atoms with Gasteiger partial charge in [-0.25, -0.2) is 15.0 Å². The number of piperazine rings is 1. The minimum Gasteiger partial charge on any atom is -0.489 e. The number of anilines is 4. The van der Waals surface area contributed by atoms with Gasteiger partial charge in [-0.05, 0) is 25.0 Å². The Bertz CT molecular complexity index is 1380. The fourth-order valence-corrected chi connectivity index (χ4v) is 4.98. The molecule has 1 aliphatic heterocycles. The molecule has 6 rings (SSSR count). The molecule has 11 heteroatoms. The molecule has 11 nitrogen and oxygen atoms in total. The van der Waals surface area contributed by atoms with E-state index in [0.29, 0.717) is 28.7 Å². The van der Waals surface area contributed by atoms with Crippen LogP contribution in [0.15, 0.2) is 49.2 Å². The van der Waals surface area contributed by atoms with Gasteiger partial charge in [0.15, 0.2) is 11.5 Å². The van der Waals surface area contributed by atoms with Gasteiger partial charge in [0.05, 0.1) is 24.7 Å². The van der Waals surface area contributed by atoms with Crippen LogP contribution < -0.4 is 20.7 Å². The second kappa shape index (κ2) is 10.2. The van der Waals surface area contributed by atoms with E-state index < -0.39 is 0 Å². The maximum absolute atomic E-state index is 9.41. The van der Waals surface area contributed by atoms with Gasteiger partial charge in [0, 0.05) is 62.6 Å². The average molecular weight is 502 g/mol. The van der Waals surface area contributed by atoms with Crippen LogP contribution in [-0.2, 0) is 0 Å². The third-order valence-electron chi connectivity index (χ3n) is 7.11. The molecule has 37 heavy (non-hydrogen) atoms. The van der Waals surface area contributed by atoms with Gasteiger partial charge in [0.2, 0.25) is 0 Å². The third-order valence-corrected chi connectivity index (χ3v) is 7.11. The van der Waals surface area contributed by atoms with E-state index in [2.05, 4.69) is 36.1 Å². The number of nitrogens with two attached hydrogens (primary N) is 1. The molecule has 0 amide bonds. The monoisotopic (exact) mass is 501 g/mol. The van der Waals surface area contributed by atoms with Gasteiger partial charge < -0.3 is 30.2 Å². The first-order chi connectivity index (χ1) is 18.2. The Labute approximate surface area is 214 Å². The summed E-state index contributed by atoms with van der Waals surface area (Å²) in [5, 5.41) is 12.8. The Balaban J connectivity index is 1.27. The minimum absolute atomic E-state index is 0.0495. The normalized spacial score (nSPS) is 16.6. The number of hydrogen-bond donors (Lipinski definition) is 3. The van der Waals surface area contributed by atoms with Crippen molar-refractivity contribution >= 4 is 28.7 Å². The molecule has 4 aromatic rings. The average Bonchev–Trinajstić information content (AvgIpc) is 3.36. The lowest BCUT2D eigenvalue weighted by Crippen LogP contribution is -2.52. The van der Waals surface area contributed by atoms with E-state index in [9.17, 15) is 5.11 Å². The molecule has 1 saturated carbocycles. The molecule has 0 spiro atoms. The van der Waals surface area contributed by atoms with Gasteiger partial charge in [0.25, 0.3) is 0 Å². The molecule has 192 valence electrons. The molecule has 0 bridgehead atoms. The Morgan fingerprint density at radius 3 is 2.70 bits per heavy atom. The molecular weight excluding hydrogens is 470 g/mol. The third kappa shape index (κ3) is 4.87. The summed E-state index contributed by atoms with van der Waals surface area (Å²) in [6.45, 7) is 4.21. The van der Waals surface area contributed by atoms with Gasteiger partial charge in [-0.3, -0.25) is 9.88 Å². The smallest absolute Gasteiger partial charge is 0.180 e. The van der Waals surface area contributed by atoms with E-state index in [1.54, 1.807) is 12.4 Å². The highest BCUT2D eigenvalue weighted by Gasteiger charge is 2.28. The highest BCUT2D eigenvalue weighted by atomic mass is 16.5. The summed E-state index contributed by atoms with van der Waals surface area (Å²) in [5.41, 5.74) is 9.54. The van der Waals surface area contributed by atoms with Crippen LogP contribution in [0.4, 0.5) is 23.0 Å². The molecule has 0 unspecified atom stereocenters. The molecule has 0 radical (unpaired) electrons. The van der Waals surface area contributed by atoms with Gasteiger partial charge >= 0.3 is 0 Å². The number of aromatic nitrogens is 5. The fraction of sp³-hybridized carbons (Fsp3) is 0.385. The Morgan fingerprint density at radius 2 is 1.95 bits per heavy atom. The number of hydrogen-bond acceptors (Lipinski definition) is 10. The molecular formula is C26H31N9O2. The number of nitrogens with one attached hydrogen (secondary N) is 1. The van der Waals surface area contributed by atoms with Crippen LogP contribution in [0.3, 0.4) is 0 Å². The Kier molecular flexibility index (Phi) is 6.46.